The Kier molecular flexibility index (Phi) is 4.63. The molecule has 0 saturated heterocycles. The third-order valence-corrected chi connectivity index (χ3v) is 2.25. The van der Waals surface area contributed by atoms with E-state index in [0.717, 1.165) is 5.69 Å². The number of hydrogen-bond donors (Lipinski definition) is 2. The van der Waals surface area contributed by atoms with Gasteiger partial charge in [-0.2, -0.15) is 0 Å². The first kappa shape index (κ1) is 13.2. The van der Waals surface area contributed by atoms with Crippen LogP contribution in [0.3, 0.4) is 0 Å². The van der Waals surface area contributed by atoms with Crippen molar-refractivity contribution in [1.29, 1.82) is 0 Å². The SMILES string of the molecule is COc1cc(NC(C)CC(=O)O)cc(OC)c1. The summed E-state index contributed by atoms with van der Waals surface area (Å²) in [6, 6.07) is 5.18. The van der Waals surface area contributed by atoms with E-state index in [0.29, 0.717) is 11.5 Å². The predicted molar refractivity (Wildman–Crippen MR) is 64.9 cm³/mol. The van der Waals surface area contributed by atoms with Crippen molar-refractivity contribution in [2.75, 3.05) is 19.5 Å². The number of ether oxygens (including phenoxy) is 2. The summed E-state index contributed by atoms with van der Waals surface area (Å²) in [6.45, 7) is 1.81. The number of hydrogen-bond acceptors (Lipinski definition) is 4. The molecule has 0 radical (unpaired) electrons. The fourth-order valence-corrected chi connectivity index (χ4v) is 1.49. The summed E-state index contributed by atoms with van der Waals surface area (Å²) in [7, 11) is 3.14. The van der Waals surface area contributed by atoms with Gasteiger partial charge in [-0.05, 0) is 6.92 Å². The van der Waals surface area contributed by atoms with Crippen molar-refractivity contribution >= 4 is 11.7 Å². The molecule has 1 unspecified atom stereocenters. The average Bonchev–Trinajstić information content (AvgIpc) is 2.27. The van der Waals surface area contributed by atoms with Crippen LogP contribution in [0.2, 0.25) is 0 Å². The van der Waals surface area contributed by atoms with Crippen molar-refractivity contribution in [2.24, 2.45) is 0 Å². The number of nitrogens with one attached hydrogen (secondary N) is 1. The second-order valence-corrected chi connectivity index (χ2v) is 3.74. The monoisotopic (exact) mass is 239 g/mol. The number of carboxylic acid groups (broad SMARTS) is 1. The third kappa shape index (κ3) is 4.22. The van der Waals surface area contributed by atoms with Crippen molar-refractivity contribution in [3.05, 3.63) is 18.2 Å². The molecule has 0 saturated carbocycles. The zero-order valence-corrected chi connectivity index (χ0v) is 10.2. The summed E-state index contributed by atoms with van der Waals surface area (Å²) in [4.78, 5) is 10.6. The lowest BCUT2D eigenvalue weighted by molar-refractivity contribution is -0.137. The van der Waals surface area contributed by atoms with Gasteiger partial charge in [0.25, 0.3) is 0 Å². The van der Waals surface area contributed by atoms with Crippen LogP contribution >= 0.6 is 0 Å². The Morgan fingerprint density at radius 1 is 1.29 bits per heavy atom. The highest BCUT2D eigenvalue weighted by molar-refractivity contribution is 5.68. The van der Waals surface area contributed by atoms with E-state index in [-0.39, 0.29) is 12.5 Å². The van der Waals surface area contributed by atoms with Gasteiger partial charge < -0.3 is 19.9 Å². The van der Waals surface area contributed by atoms with Gasteiger partial charge in [0, 0.05) is 29.9 Å². The summed E-state index contributed by atoms with van der Waals surface area (Å²) in [5, 5.41) is 11.8. The molecule has 0 aliphatic carbocycles. The molecule has 5 nitrogen and oxygen atoms in total. The maximum absolute atomic E-state index is 10.6. The van der Waals surface area contributed by atoms with E-state index in [1.54, 1.807) is 39.3 Å². The Labute approximate surface area is 100 Å². The molecule has 2 N–H and O–H groups in total. The lowest BCUT2D eigenvalue weighted by atomic mass is 10.2. The van der Waals surface area contributed by atoms with E-state index in [1.807, 2.05) is 0 Å². The molecule has 94 valence electrons. The number of carbonyl (C=O) groups is 1. The molecule has 1 aromatic carbocycles. The van der Waals surface area contributed by atoms with Crippen LogP contribution < -0.4 is 14.8 Å². The summed E-state index contributed by atoms with van der Waals surface area (Å²) < 4.78 is 10.2. The van der Waals surface area contributed by atoms with Gasteiger partial charge in [0.05, 0.1) is 20.6 Å². The number of anilines is 1. The average molecular weight is 239 g/mol. The van der Waals surface area contributed by atoms with Gasteiger partial charge in [0.15, 0.2) is 0 Å². The molecular weight excluding hydrogens is 222 g/mol. The van der Waals surface area contributed by atoms with Crippen molar-refractivity contribution < 1.29 is 19.4 Å². The Morgan fingerprint density at radius 3 is 2.24 bits per heavy atom. The smallest absolute Gasteiger partial charge is 0.305 e. The van der Waals surface area contributed by atoms with Gasteiger partial charge >= 0.3 is 5.97 Å². The normalized spacial score (nSPS) is 11.7. The van der Waals surface area contributed by atoms with E-state index < -0.39 is 5.97 Å². The van der Waals surface area contributed by atoms with Crippen LogP contribution in [-0.2, 0) is 4.79 Å². The van der Waals surface area contributed by atoms with Crippen molar-refractivity contribution in [1.82, 2.24) is 0 Å². The van der Waals surface area contributed by atoms with E-state index in [1.165, 1.54) is 0 Å². The molecule has 0 aliphatic rings. The Morgan fingerprint density at radius 2 is 1.82 bits per heavy atom. The van der Waals surface area contributed by atoms with Crippen LogP contribution in [0.15, 0.2) is 18.2 Å². The number of aliphatic carboxylic acids is 1. The minimum absolute atomic E-state index is 0.0551. The van der Waals surface area contributed by atoms with Crippen LogP contribution in [0.1, 0.15) is 13.3 Å². The minimum Gasteiger partial charge on any atom is -0.497 e. The van der Waals surface area contributed by atoms with Crippen LogP contribution in [0.25, 0.3) is 0 Å². The second kappa shape index (κ2) is 5.98. The van der Waals surface area contributed by atoms with Gasteiger partial charge in [-0.25, -0.2) is 0 Å². The van der Waals surface area contributed by atoms with Crippen LogP contribution in [0.5, 0.6) is 11.5 Å². The summed E-state index contributed by atoms with van der Waals surface area (Å²) >= 11 is 0. The highest BCUT2D eigenvalue weighted by atomic mass is 16.5. The second-order valence-electron chi connectivity index (χ2n) is 3.74. The van der Waals surface area contributed by atoms with E-state index in [9.17, 15) is 4.79 Å². The van der Waals surface area contributed by atoms with E-state index in [4.69, 9.17) is 14.6 Å². The molecule has 17 heavy (non-hydrogen) atoms. The number of benzene rings is 1. The fourth-order valence-electron chi connectivity index (χ4n) is 1.49. The number of rotatable bonds is 6. The Hall–Kier alpha value is -1.91. The van der Waals surface area contributed by atoms with Crippen molar-refractivity contribution in [2.45, 2.75) is 19.4 Å². The first-order valence-electron chi connectivity index (χ1n) is 5.26. The maximum atomic E-state index is 10.6. The molecule has 0 aliphatic heterocycles. The molecule has 0 bridgehead atoms. The highest BCUT2D eigenvalue weighted by Crippen LogP contribution is 2.26. The summed E-state index contributed by atoms with van der Waals surface area (Å²) in [5.41, 5.74) is 0.773. The first-order valence-corrected chi connectivity index (χ1v) is 5.26. The van der Waals surface area contributed by atoms with Crippen LogP contribution in [0, 0.1) is 0 Å². The number of carboxylic acids is 1. The topological polar surface area (TPSA) is 67.8 Å². The van der Waals surface area contributed by atoms with E-state index in [2.05, 4.69) is 5.32 Å². The molecule has 5 heteroatoms. The van der Waals surface area contributed by atoms with E-state index >= 15 is 0 Å². The van der Waals surface area contributed by atoms with Crippen LogP contribution in [-0.4, -0.2) is 31.3 Å². The molecule has 0 fully saturated rings. The molecule has 0 amide bonds. The van der Waals surface area contributed by atoms with Gasteiger partial charge in [-0.15, -0.1) is 0 Å². The fraction of sp³-hybridized carbons (Fsp3) is 0.417. The molecule has 0 aromatic heterocycles. The Balaban J connectivity index is 2.79. The molecule has 0 heterocycles. The van der Waals surface area contributed by atoms with Crippen molar-refractivity contribution in [3.8, 4) is 11.5 Å². The van der Waals surface area contributed by atoms with Crippen molar-refractivity contribution in [3.63, 3.8) is 0 Å². The number of methoxy groups -OCH3 is 2. The summed E-state index contributed by atoms with van der Waals surface area (Å²) in [6.07, 6.45) is 0.0551. The zero-order valence-electron chi connectivity index (χ0n) is 10.2. The van der Waals surface area contributed by atoms with Crippen LogP contribution in [0.4, 0.5) is 5.69 Å². The molecule has 1 rings (SSSR count). The standard InChI is InChI=1S/C12H17NO4/c1-8(4-12(14)15)13-9-5-10(16-2)7-11(6-9)17-3/h5-8,13H,4H2,1-3H3,(H,14,15). The minimum atomic E-state index is -0.833. The molecule has 1 atom stereocenters. The van der Waals surface area contributed by atoms with Gasteiger partial charge in [-0.3, -0.25) is 4.79 Å². The molecular formula is C12H17NO4. The summed E-state index contributed by atoms with van der Waals surface area (Å²) in [5.74, 6) is 0.489. The predicted octanol–water partition coefficient (Wildman–Crippen LogP) is 1.98. The van der Waals surface area contributed by atoms with Gasteiger partial charge in [0.1, 0.15) is 11.5 Å². The lowest BCUT2D eigenvalue weighted by Crippen LogP contribution is -2.19. The van der Waals surface area contributed by atoms with Gasteiger partial charge in [0.2, 0.25) is 0 Å². The largest absolute Gasteiger partial charge is 0.497 e. The highest BCUT2D eigenvalue weighted by Gasteiger charge is 2.08. The molecule has 1 aromatic rings. The zero-order chi connectivity index (χ0) is 12.8. The maximum Gasteiger partial charge on any atom is 0.305 e. The lowest BCUT2D eigenvalue weighted by Gasteiger charge is -2.15. The Bertz CT molecular complexity index is 370. The molecule has 0 spiro atoms. The quantitative estimate of drug-likeness (QED) is 0.794. The third-order valence-electron chi connectivity index (χ3n) is 2.25. The first-order chi connectivity index (χ1) is 8.05. The van der Waals surface area contributed by atoms with Gasteiger partial charge in [-0.1, -0.05) is 0 Å².